The molecular formula is C30H23F4N3O3. The summed E-state index contributed by atoms with van der Waals surface area (Å²) in [6, 6.07) is 19.6. The number of aromatic nitrogens is 1. The van der Waals surface area contributed by atoms with Gasteiger partial charge in [-0.25, -0.2) is 9.37 Å². The van der Waals surface area contributed by atoms with Crippen LogP contribution in [0.1, 0.15) is 29.2 Å². The van der Waals surface area contributed by atoms with E-state index in [0.29, 0.717) is 42.0 Å². The van der Waals surface area contributed by atoms with Crippen LogP contribution >= 0.6 is 0 Å². The highest BCUT2D eigenvalue weighted by Gasteiger charge is 2.34. The minimum Gasteiger partial charge on any atom is -0.493 e. The number of carbonyl (C=O) groups is 1. The Morgan fingerprint density at radius 2 is 1.75 bits per heavy atom. The second-order valence-corrected chi connectivity index (χ2v) is 8.64. The Labute approximate surface area is 227 Å². The lowest BCUT2D eigenvalue weighted by Crippen LogP contribution is -2.16. The van der Waals surface area contributed by atoms with E-state index in [1.54, 1.807) is 13.0 Å². The molecule has 0 atom stereocenters. The lowest BCUT2D eigenvalue weighted by Gasteiger charge is -2.14. The molecule has 1 amide bonds. The molecule has 0 aliphatic heterocycles. The molecule has 3 aromatic carbocycles. The van der Waals surface area contributed by atoms with Crippen LogP contribution in [-0.4, -0.2) is 17.5 Å². The Morgan fingerprint density at radius 1 is 0.975 bits per heavy atom. The van der Waals surface area contributed by atoms with Crippen LogP contribution in [0.5, 0.6) is 11.6 Å². The summed E-state index contributed by atoms with van der Waals surface area (Å²) >= 11 is 0. The number of anilines is 1. The number of amides is 1. The van der Waals surface area contributed by atoms with Crippen LogP contribution < -0.4 is 14.8 Å². The molecule has 0 saturated carbocycles. The van der Waals surface area contributed by atoms with Gasteiger partial charge in [-0.1, -0.05) is 42.5 Å². The van der Waals surface area contributed by atoms with Gasteiger partial charge in [-0.15, -0.1) is 0 Å². The fraction of sp³-hybridized carbons (Fsp3) is 0.167. The number of pyridine rings is 1. The number of halogens is 4. The smallest absolute Gasteiger partial charge is 0.417 e. The number of nitrogens with one attached hydrogen (secondary N) is 1. The summed E-state index contributed by atoms with van der Waals surface area (Å²) in [6.45, 7) is 2.41. The van der Waals surface area contributed by atoms with Crippen molar-refractivity contribution < 1.29 is 31.8 Å². The fourth-order valence-corrected chi connectivity index (χ4v) is 3.94. The zero-order chi connectivity index (χ0) is 28.7. The molecule has 0 fully saturated rings. The van der Waals surface area contributed by atoms with E-state index in [4.69, 9.17) is 14.7 Å². The van der Waals surface area contributed by atoms with Crippen LogP contribution in [0.15, 0.2) is 79.0 Å². The molecule has 1 heterocycles. The normalized spacial score (nSPS) is 11.0. The highest BCUT2D eigenvalue weighted by atomic mass is 19.4. The molecule has 0 bridgehead atoms. The third kappa shape index (κ3) is 6.94. The predicted octanol–water partition coefficient (Wildman–Crippen LogP) is 6.94. The summed E-state index contributed by atoms with van der Waals surface area (Å²) in [5.74, 6) is -0.613. The van der Waals surface area contributed by atoms with Gasteiger partial charge < -0.3 is 14.8 Å². The molecule has 6 nitrogen and oxygen atoms in total. The summed E-state index contributed by atoms with van der Waals surface area (Å²) in [5, 5.41) is 11.3. The number of benzene rings is 3. The molecule has 204 valence electrons. The largest absolute Gasteiger partial charge is 0.493 e. The molecule has 4 aromatic rings. The third-order valence-electron chi connectivity index (χ3n) is 5.79. The van der Waals surface area contributed by atoms with Crippen molar-refractivity contribution in [3.05, 3.63) is 107 Å². The van der Waals surface area contributed by atoms with Gasteiger partial charge in [0.05, 0.1) is 30.2 Å². The standard InChI is InChI=1S/C30H23F4N3O3/c1-2-39-27-15-29(40-18-19-6-4-3-5-7-19)36-17-24(27)23-11-8-20(12-26(23)31)13-28(38)37-22-10-9-21(16-35)25(14-22)30(32,33)34/h3-12,14-15,17H,2,13,18H2,1H3,(H,37,38). The van der Waals surface area contributed by atoms with Crippen LogP contribution in [0.4, 0.5) is 23.2 Å². The average Bonchev–Trinajstić information content (AvgIpc) is 2.93. The SMILES string of the molecule is CCOc1cc(OCc2ccccc2)ncc1-c1ccc(CC(=O)Nc2ccc(C#N)c(C(F)(F)F)c2)cc1F. The third-order valence-corrected chi connectivity index (χ3v) is 5.79. The molecule has 0 aliphatic rings. The van der Waals surface area contributed by atoms with E-state index in [-0.39, 0.29) is 17.7 Å². The van der Waals surface area contributed by atoms with Crippen molar-refractivity contribution in [2.45, 2.75) is 26.1 Å². The highest BCUT2D eigenvalue weighted by Crippen LogP contribution is 2.35. The summed E-state index contributed by atoms with van der Waals surface area (Å²) in [6.07, 6.45) is -3.60. The summed E-state index contributed by atoms with van der Waals surface area (Å²) < 4.78 is 66.2. The van der Waals surface area contributed by atoms with E-state index in [9.17, 15) is 18.0 Å². The Kier molecular flexibility index (Phi) is 8.64. The van der Waals surface area contributed by atoms with Gasteiger partial charge in [0.2, 0.25) is 11.8 Å². The number of ether oxygens (including phenoxy) is 2. The van der Waals surface area contributed by atoms with Crippen molar-refractivity contribution >= 4 is 11.6 Å². The highest BCUT2D eigenvalue weighted by molar-refractivity contribution is 5.92. The molecule has 0 spiro atoms. The molecular weight excluding hydrogens is 526 g/mol. The van der Waals surface area contributed by atoms with Gasteiger partial charge in [0.1, 0.15) is 18.2 Å². The van der Waals surface area contributed by atoms with Gasteiger partial charge >= 0.3 is 6.18 Å². The van der Waals surface area contributed by atoms with Crippen molar-refractivity contribution in [2.75, 3.05) is 11.9 Å². The number of alkyl halides is 3. The molecule has 4 rings (SSSR count). The van der Waals surface area contributed by atoms with Crippen LogP contribution in [0, 0.1) is 17.1 Å². The maximum Gasteiger partial charge on any atom is 0.417 e. The summed E-state index contributed by atoms with van der Waals surface area (Å²) in [4.78, 5) is 16.8. The Morgan fingerprint density at radius 3 is 2.42 bits per heavy atom. The van der Waals surface area contributed by atoms with Crippen molar-refractivity contribution in [1.29, 1.82) is 5.26 Å². The van der Waals surface area contributed by atoms with Crippen LogP contribution in [0.25, 0.3) is 11.1 Å². The summed E-state index contributed by atoms with van der Waals surface area (Å²) in [5.41, 5.74) is -0.000802. The molecule has 0 saturated heterocycles. The predicted molar refractivity (Wildman–Crippen MR) is 140 cm³/mol. The van der Waals surface area contributed by atoms with Gasteiger partial charge in [-0.2, -0.15) is 18.4 Å². The zero-order valence-electron chi connectivity index (χ0n) is 21.3. The number of carbonyl (C=O) groups excluding carboxylic acids is 1. The molecule has 1 aromatic heterocycles. The first kappa shape index (κ1) is 28.1. The first-order valence-corrected chi connectivity index (χ1v) is 12.2. The average molecular weight is 550 g/mol. The lowest BCUT2D eigenvalue weighted by molar-refractivity contribution is -0.137. The maximum atomic E-state index is 15.2. The van der Waals surface area contributed by atoms with Gasteiger partial charge in [0, 0.05) is 29.1 Å². The number of hydrogen-bond acceptors (Lipinski definition) is 5. The monoisotopic (exact) mass is 549 g/mol. The van der Waals surface area contributed by atoms with Gasteiger partial charge in [0.25, 0.3) is 0 Å². The number of rotatable bonds is 9. The Balaban J connectivity index is 1.48. The summed E-state index contributed by atoms with van der Waals surface area (Å²) in [7, 11) is 0. The molecule has 1 N–H and O–H groups in total. The minimum absolute atomic E-state index is 0.129. The first-order valence-electron chi connectivity index (χ1n) is 12.2. The minimum atomic E-state index is -4.76. The molecule has 0 aliphatic carbocycles. The first-order chi connectivity index (χ1) is 19.2. The molecule has 0 unspecified atom stereocenters. The molecule has 40 heavy (non-hydrogen) atoms. The van der Waals surface area contributed by atoms with Crippen molar-refractivity contribution in [3.8, 4) is 28.8 Å². The van der Waals surface area contributed by atoms with Crippen molar-refractivity contribution in [1.82, 2.24) is 4.98 Å². The van der Waals surface area contributed by atoms with E-state index < -0.39 is 29.0 Å². The van der Waals surface area contributed by atoms with Gasteiger partial charge in [-0.3, -0.25) is 4.79 Å². The topological polar surface area (TPSA) is 84.2 Å². The maximum absolute atomic E-state index is 15.2. The number of nitriles is 1. The quantitative estimate of drug-likeness (QED) is 0.229. The van der Waals surface area contributed by atoms with E-state index in [1.807, 2.05) is 30.3 Å². The Bertz CT molecular complexity index is 1550. The molecule has 0 radical (unpaired) electrons. The van der Waals surface area contributed by atoms with Crippen LogP contribution in [-0.2, 0) is 24.0 Å². The number of hydrogen-bond donors (Lipinski definition) is 1. The van der Waals surface area contributed by atoms with E-state index >= 15 is 4.39 Å². The van der Waals surface area contributed by atoms with Crippen LogP contribution in [0.2, 0.25) is 0 Å². The van der Waals surface area contributed by atoms with Crippen molar-refractivity contribution in [2.24, 2.45) is 0 Å². The zero-order valence-corrected chi connectivity index (χ0v) is 21.3. The second-order valence-electron chi connectivity index (χ2n) is 8.64. The van der Waals surface area contributed by atoms with E-state index in [0.717, 1.165) is 11.6 Å². The van der Waals surface area contributed by atoms with Crippen molar-refractivity contribution in [3.63, 3.8) is 0 Å². The Hall–Kier alpha value is -4.91. The van der Waals surface area contributed by atoms with Gasteiger partial charge in [-0.05, 0) is 42.3 Å². The lowest BCUT2D eigenvalue weighted by atomic mass is 10.0. The fourth-order valence-electron chi connectivity index (χ4n) is 3.94. The number of nitrogens with zero attached hydrogens (tertiary/aromatic N) is 2. The van der Waals surface area contributed by atoms with Crippen LogP contribution in [0.3, 0.4) is 0 Å². The van der Waals surface area contributed by atoms with E-state index in [1.165, 1.54) is 36.5 Å². The second kappa shape index (κ2) is 12.3. The van der Waals surface area contributed by atoms with E-state index in [2.05, 4.69) is 10.3 Å². The molecule has 10 heteroatoms. The van der Waals surface area contributed by atoms with Gasteiger partial charge in [0.15, 0.2) is 0 Å².